The topological polar surface area (TPSA) is 78.9 Å². The zero-order valence-electron chi connectivity index (χ0n) is 8.88. The highest BCUT2D eigenvalue weighted by Gasteiger charge is 2.07. The first kappa shape index (κ1) is 10.9. The number of nitrogens with zero attached hydrogens (tertiary/aromatic N) is 2. The summed E-state index contributed by atoms with van der Waals surface area (Å²) in [6.45, 7) is 0.316. The third-order valence-corrected chi connectivity index (χ3v) is 2.14. The Hall–Kier alpha value is -2.61. The number of carbonyl (C=O) groups excluding carboxylic acids is 1. The van der Waals surface area contributed by atoms with Crippen molar-refractivity contribution in [2.45, 2.75) is 6.54 Å². The number of amides is 1. The van der Waals surface area contributed by atoms with Gasteiger partial charge in [0.25, 0.3) is 5.91 Å². The van der Waals surface area contributed by atoms with E-state index >= 15 is 0 Å². The van der Waals surface area contributed by atoms with Crippen LogP contribution in [0.15, 0.2) is 41.1 Å². The SMILES string of the molecule is N#Cc1cc(C(=O)NCc2ccco2)ccn1. The Bertz CT molecular complexity index is 555. The Labute approximate surface area is 97.7 Å². The first-order chi connectivity index (χ1) is 8.29. The fourth-order valence-electron chi connectivity index (χ4n) is 1.32. The van der Waals surface area contributed by atoms with Gasteiger partial charge >= 0.3 is 0 Å². The zero-order chi connectivity index (χ0) is 12.1. The van der Waals surface area contributed by atoms with Crippen LogP contribution in [0.4, 0.5) is 0 Å². The van der Waals surface area contributed by atoms with Crippen LogP contribution < -0.4 is 5.32 Å². The van der Waals surface area contributed by atoms with Crippen LogP contribution in [-0.2, 0) is 6.54 Å². The summed E-state index contributed by atoms with van der Waals surface area (Å²) >= 11 is 0. The van der Waals surface area contributed by atoms with Crippen LogP contribution >= 0.6 is 0 Å². The van der Waals surface area contributed by atoms with Gasteiger partial charge in [0.15, 0.2) is 0 Å². The minimum absolute atomic E-state index is 0.218. The molecule has 0 bridgehead atoms. The molecule has 2 aromatic rings. The fraction of sp³-hybridized carbons (Fsp3) is 0.0833. The van der Waals surface area contributed by atoms with Crippen molar-refractivity contribution in [3.63, 3.8) is 0 Å². The van der Waals surface area contributed by atoms with Gasteiger partial charge in [-0.3, -0.25) is 4.79 Å². The minimum atomic E-state index is -0.264. The van der Waals surface area contributed by atoms with Crippen LogP contribution in [-0.4, -0.2) is 10.9 Å². The first-order valence-corrected chi connectivity index (χ1v) is 4.96. The standard InChI is InChI=1S/C12H9N3O2/c13-7-10-6-9(3-4-14-10)12(16)15-8-11-2-1-5-17-11/h1-6H,8H2,(H,15,16). The predicted molar refractivity (Wildman–Crippen MR) is 58.8 cm³/mol. The van der Waals surface area contributed by atoms with E-state index in [4.69, 9.17) is 9.68 Å². The lowest BCUT2D eigenvalue weighted by molar-refractivity contribution is 0.0948. The maximum Gasteiger partial charge on any atom is 0.251 e. The lowest BCUT2D eigenvalue weighted by atomic mass is 10.2. The van der Waals surface area contributed by atoms with Crippen molar-refractivity contribution in [3.8, 4) is 6.07 Å². The summed E-state index contributed by atoms with van der Waals surface area (Å²) in [4.78, 5) is 15.5. The number of rotatable bonds is 3. The van der Waals surface area contributed by atoms with Gasteiger partial charge in [0, 0.05) is 11.8 Å². The normalized spacial score (nSPS) is 9.59. The van der Waals surface area contributed by atoms with Gasteiger partial charge in [-0.15, -0.1) is 0 Å². The molecule has 0 atom stereocenters. The van der Waals surface area contributed by atoms with Crippen LogP contribution in [0.5, 0.6) is 0 Å². The molecule has 84 valence electrons. The number of hydrogen-bond acceptors (Lipinski definition) is 4. The average molecular weight is 227 g/mol. The molecule has 0 aliphatic rings. The van der Waals surface area contributed by atoms with E-state index in [1.54, 1.807) is 24.5 Å². The summed E-state index contributed by atoms with van der Waals surface area (Å²) in [5, 5.41) is 11.3. The summed E-state index contributed by atoms with van der Waals surface area (Å²) in [6, 6.07) is 8.40. The second-order valence-electron chi connectivity index (χ2n) is 3.30. The molecular formula is C12H9N3O2. The van der Waals surface area contributed by atoms with Crippen LogP contribution in [0.1, 0.15) is 21.8 Å². The lowest BCUT2D eigenvalue weighted by Gasteiger charge is -2.02. The van der Waals surface area contributed by atoms with Crippen LogP contribution in [0.2, 0.25) is 0 Å². The third-order valence-electron chi connectivity index (χ3n) is 2.14. The molecule has 5 nitrogen and oxygen atoms in total. The number of nitriles is 1. The van der Waals surface area contributed by atoms with E-state index in [9.17, 15) is 4.79 Å². The lowest BCUT2D eigenvalue weighted by Crippen LogP contribution is -2.22. The molecule has 0 spiro atoms. The molecule has 17 heavy (non-hydrogen) atoms. The number of furan rings is 1. The van der Waals surface area contributed by atoms with Gasteiger partial charge in [0.05, 0.1) is 12.8 Å². The molecule has 0 saturated carbocycles. The Morgan fingerprint density at radius 3 is 3.12 bits per heavy atom. The van der Waals surface area contributed by atoms with E-state index in [0.717, 1.165) is 0 Å². The van der Waals surface area contributed by atoms with Crippen LogP contribution in [0, 0.1) is 11.3 Å². The molecule has 2 heterocycles. The summed E-state index contributed by atoms with van der Waals surface area (Å²) in [7, 11) is 0. The second-order valence-corrected chi connectivity index (χ2v) is 3.30. The van der Waals surface area contributed by atoms with Crippen molar-refractivity contribution in [2.24, 2.45) is 0 Å². The largest absolute Gasteiger partial charge is 0.467 e. The molecule has 1 N–H and O–H groups in total. The monoisotopic (exact) mass is 227 g/mol. The van der Waals surface area contributed by atoms with Crippen LogP contribution in [0.3, 0.4) is 0 Å². The molecular weight excluding hydrogens is 218 g/mol. The van der Waals surface area contributed by atoms with E-state index in [-0.39, 0.29) is 11.6 Å². The van der Waals surface area contributed by atoms with Gasteiger partial charge in [-0.25, -0.2) is 4.98 Å². The van der Waals surface area contributed by atoms with Crippen molar-refractivity contribution in [1.29, 1.82) is 5.26 Å². The molecule has 0 unspecified atom stereocenters. The van der Waals surface area contributed by atoms with E-state index in [0.29, 0.717) is 17.9 Å². The number of hydrogen-bond donors (Lipinski definition) is 1. The summed E-state index contributed by atoms with van der Waals surface area (Å²) < 4.78 is 5.09. The van der Waals surface area contributed by atoms with Crippen molar-refractivity contribution >= 4 is 5.91 Å². The summed E-state index contributed by atoms with van der Waals surface area (Å²) in [5.74, 6) is 0.410. The Morgan fingerprint density at radius 1 is 1.53 bits per heavy atom. The number of aromatic nitrogens is 1. The highest BCUT2D eigenvalue weighted by molar-refractivity contribution is 5.94. The van der Waals surface area contributed by atoms with Crippen molar-refractivity contribution in [2.75, 3.05) is 0 Å². The average Bonchev–Trinajstić information content (AvgIpc) is 2.89. The highest BCUT2D eigenvalue weighted by atomic mass is 16.3. The quantitative estimate of drug-likeness (QED) is 0.861. The second kappa shape index (κ2) is 4.94. The molecule has 0 saturated heterocycles. The van der Waals surface area contributed by atoms with E-state index < -0.39 is 0 Å². The molecule has 1 amide bonds. The van der Waals surface area contributed by atoms with E-state index in [2.05, 4.69) is 10.3 Å². The summed E-state index contributed by atoms with van der Waals surface area (Å²) in [6.07, 6.45) is 2.97. The molecule has 0 fully saturated rings. The van der Waals surface area contributed by atoms with E-state index in [1.807, 2.05) is 6.07 Å². The molecule has 0 radical (unpaired) electrons. The number of carbonyl (C=O) groups is 1. The van der Waals surface area contributed by atoms with Gasteiger partial charge < -0.3 is 9.73 Å². The van der Waals surface area contributed by atoms with Gasteiger partial charge in [0.2, 0.25) is 0 Å². The molecule has 0 aliphatic heterocycles. The maximum atomic E-state index is 11.7. The first-order valence-electron chi connectivity index (χ1n) is 4.96. The molecule has 2 rings (SSSR count). The molecule has 0 aromatic carbocycles. The Balaban J connectivity index is 2.02. The molecule has 2 aromatic heterocycles. The van der Waals surface area contributed by atoms with Gasteiger partial charge in [-0.2, -0.15) is 5.26 Å². The highest BCUT2D eigenvalue weighted by Crippen LogP contribution is 2.03. The van der Waals surface area contributed by atoms with Gasteiger partial charge in [-0.1, -0.05) is 0 Å². The Morgan fingerprint density at radius 2 is 2.41 bits per heavy atom. The van der Waals surface area contributed by atoms with Crippen molar-refractivity contribution in [1.82, 2.24) is 10.3 Å². The minimum Gasteiger partial charge on any atom is -0.467 e. The Kier molecular flexibility index (Phi) is 3.17. The number of nitrogens with one attached hydrogen (secondary N) is 1. The molecule has 0 aliphatic carbocycles. The van der Waals surface area contributed by atoms with Crippen molar-refractivity contribution in [3.05, 3.63) is 53.7 Å². The van der Waals surface area contributed by atoms with Crippen molar-refractivity contribution < 1.29 is 9.21 Å². The zero-order valence-corrected chi connectivity index (χ0v) is 8.88. The fourth-order valence-corrected chi connectivity index (χ4v) is 1.32. The maximum absolute atomic E-state index is 11.7. The smallest absolute Gasteiger partial charge is 0.251 e. The van der Waals surface area contributed by atoms with Gasteiger partial charge in [-0.05, 0) is 24.3 Å². The van der Waals surface area contributed by atoms with Crippen LogP contribution in [0.25, 0.3) is 0 Å². The molecule has 5 heteroatoms. The number of pyridine rings is 1. The van der Waals surface area contributed by atoms with E-state index in [1.165, 1.54) is 12.3 Å². The third kappa shape index (κ3) is 2.69. The summed E-state index contributed by atoms with van der Waals surface area (Å²) in [5.41, 5.74) is 0.624. The van der Waals surface area contributed by atoms with Gasteiger partial charge in [0.1, 0.15) is 17.5 Å². The predicted octanol–water partition coefficient (Wildman–Crippen LogP) is 1.48.